The van der Waals surface area contributed by atoms with Gasteiger partial charge in [0.25, 0.3) is 0 Å². The molecule has 1 rings (SSSR count). The van der Waals surface area contributed by atoms with Gasteiger partial charge in [0.2, 0.25) is 0 Å². The van der Waals surface area contributed by atoms with Gasteiger partial charge >= 0.3 is 0 Å². The third-order valence-corrected chi connectivity index (χ3v) is 2.35. The quantitative estimate of drug-likeness (QED) is 0.636. The van der Waals surface area contributed by atoms with E-state index in [4.69, 9.17) is 0 Å². The zero-order chi connectivity index (χ0) is 10.1. The lowest BCUT2D eigenvalue weighted by atomic mass is 9.89. The Hall–Kier alpha value is -0.0400. The molecule has 1 heteroatoms. The highest BCUT2D eigenvalue weighted by Crippen LogP contribution is 2.23. The maximum absolute atomic E-state index is 2.32. The first-order valence-electron chi connectivity index (χ1n) is 5.85. The summed E-state index contributed by atoms with van der Waals surface area (Å²) in [5, 5.41) is 0. The molecule has 1 aliphatic rings. The van der Waals surface area contributed by atoms with Crippen LogP contribution in [0.15, 0.2) is 0 Å². The molecule has 0 amide bonds. The third kappa shape index (κ3) is 8.29. The van der Waals surface area contributed by atoms with Gasteiger partial charge in [-0.05, 0) is 32.9 Å². The summed E-state index contributed by atoms with van der Waals surface area (Å²) in [6.45, 7) is 5.56. The molecule has 0 aliphatic heterocycles. The Labute approximate surface area is 84.5 Å². The van der Waals surface area contributed by atoms with Crippen LogP contribution in [0.4, 0.5) is 0 Å². The predicted molar refractivity (Wildman–Crippen MR) is 61.1 cm³/mol. The van der Waals surface area contributed by atoms with Crippen LogP contribution in [-0.2, 0) is 0 Å². The highest BCUT2D eigenvalue weighted by atomic mass is 15.1. The molecule has 0 bridgehead atoms. The van der Waals surface area contributed by atoms with E-state index >= 15 is 0 Å². The summed E-state index contributed by atoms with van der Waals surface area (Å²) in [4.78, 5) is 2.32. The largest absolute Gasteiger partial charge is 0.309 e. The molecule has 0 saturated heterocycles. The molecule has 1 nitrogen and oxygen atoms in total. The van der Waals surface area contributed by atoms with Crippen LogP contribution in [0, 0.1) is 5.92 Å². The maximum Gasteiger partial charge on any atom is 0.000356 e. The normalized spacial score (nSPS) is 18.2. The summed E-state index contributed by atoms with van der Waals surface area (Å²) < 4.78 is 0. The molecule has 1 fully saturated rings. The molecule has 0 aromatic heterocycles. The van der Waals surface area contributed by atoms with Crippen molar-refractivity contribution in [2.45, 2.75) is 52.4 Å². The smallest absolute Gasteiger partial charge is 0.000356 e. The van der Waals surface area contributed by atoms with E-state index in [-0.39, 0.29) is 0 Å². The minimum absolute atomic E-state index is 1.00. The molecule has 0 aromatic carbocycles. The fourth-order valence-electron chi connectivity index (χ4n) is 1.89. The van der Waals surface area contributed by atoms with Gasteiger partial charge in [-0.25, -0.2) is 0 Å². The van der Waals surface area contributed by atoms with Crippen LogP contribution in [0.3, 0.4) is 0 Å². The first kappa shape index (κ1) is 13.0. The average Bonchev–Trinajstić information content (AvgIpc) is 2.06. The van der Waals surface area contributed by atoms with Crippen molar-refractivity contribution in [1.82, 2.24) is 4.90 Å². The summed E-state index contributed by atoms with van der Waals surface area (Å²) in [5.41, 5.74) is 0. The predicted octanol–water partition coefficient (Wildman–Crippen LogP) is 3.54. The Morgan fingerprint density at radius 2 is 1.46 bits per heavy atom. The first-order chi connectivity index (χ1) is 6.20. The Kier molecular flexibility index (Phi) is 8.53. The van der Waals surface area contributed by atoms with Gasteiger partial charge in [0.15, 0.2) is 0 Å². The fourth-order valence-corrected chi connectivity index (χ4v) is 1.89. The van der Waals surface area contributed by atoms with Gasteiger partial charge in [-0.15, -0.1) is 0 Å². The van der Waals surface area contributed by atoms with Crippen LogP contribution >= 0.6 is 0 Å². The zero-order valence-electron chi connectivity index (χ0n) is 9.97. The maximum atomic E-state index is 2.32. The molecule has 0 unspecified atom stereocenters. The highest BCUT2D eigenvalue weighted by Gasteiger charge is 2.13. The van der Waals surface area contributed by atoms with E-state index in [0.29, 0.717) is 0 Å². The standard InChI is InChI=1S/C9H19N.C3H8/c1-10(2)8-9-6-4-3-5-7-9;1-3-2/h9H,3-8H2,1-2H3;3H2,1-2H3. The third-order valence-electron chi connectivity index (χ3n) is 2.35. The van der Waals surface area contributed by atoms with E-state index in [9.17, 15) is 0 Å². The van der Waals surface area contributed by atoms with E-state index in [1.54, 1.807) is 0 Å². The van der Waals surface area contributed by atoms with Crippen LogP contribution < -0.4 is 0 Å². The SMILES string of the molecule is CCC.CN(C)CC1CCCCC1. The Balaban J connectivity index is 0.000000424. The second-order valence-electron chi connectivity index (χ2n) is 4.47. The molecular weight excluding hydrogens is 158 g/mol. The average molecular weight is 185 g/mol. The van der Waals surface area contributed by atoms with Gasteiger partial charge in [-0.1, -0.05) is 39.5 Å². The van der Waals surface area contributed by atoms with Crippen molar-refractivity contribution in [3.8, 4) is 0 Å². The molecule has 80 valence electrons. The van der Waals surface area contributed by atoms with Crippen molar-refractivity contribution >= 4 is 0 Å². The summed E-state index contributed by atoms with van der Waals surface area (Å²) in [6.07, 6.45) is 8.61. The van der Waals surface area contributed by atoms with Crippen molar-refractivity contribution in [2.24, 2.45) is 5.92 Å². The fraction of sp³-hybridized carbons (Fsp3) is 1.00. The lowest BCUT2D eigenvalue weighted by molar-refractivity contribution is 0.264. The molecule has 0 heterocycles. The monoisotopic (exact) mass is 185 g/mol. The number of hydrogen-bond donors (Lipinski definition) is 0. The highest BCUT2D eigenvalue weighted by molar-refractivity contribution is 4.67. The number of hydrogen-bond acceptors (Lipinski definition) is 1. The first-order valence-corrected chi connectivity index (χ1v) is 5.85. The molecule has 1 aliphatic carbocycles. The minimum Gasteiger partial charge on any atom is -0.309 e. The van der Waals surface area contributed by atoms with Gasteiger partial charge < -0.3 is 4.90 Å². The summed E-state index contributed by atoms with van der Waals surface area (Å²) in [6, 6.07) is 0. The molecule has 1 saturated carbocycles. The second kappa shape index (κ2) is 8.55. The van der Waals surface area contributed by atoms with Crippen LogP contribution in [-0.4, -0.2) is 25.5 Å². The molecule has 0 atom stereocenters. The molecule has 0 aromatic rings. The topological polar surface area (TPSA) is 3.24 Å². The van der Waals surface area contributed by atoms with Gasteiger partial charge in [0, 0.05) is 6.54 Å². The van der Waals surface area contributed by atoms with Gasteiger partial charge in [0.05, 0.1) is 0 Å². The minimum atomic E-state index is 1.00. The lowest BCUT2D eigenvalue weighted by Crippen LogP contribution is -2.23. The van der Waals surface area contributed by atoms with E-state index in [1.165, 1.54) is 45.1 Å². The van der Waals surface area contributed by atoms with Crippen LogP contribution in [0.2, 0.25) is 0 Å². The van der Waals surface area contributed by atoms with Crippen LogP contribution in [0.1, 0.15) is 52.4 Å². The van der Waals surface area contributed by atoms with Crippen molar-refractivity contribution < 1.29 is 0 Å². The second-order valence-corrected chi connectivity index (χ2v) is 4.47. The van der Waals surface area contributed by atoms with E-state index < -0.39 is 0 Å². The Morgan fingerprint density at radius 1 is 1.00 bits per heavy atom. The summed E-state index contributed by atoms with van der Waals surface area (Å²) in [5.74, 6) is 1.00. The molecule has 13 heavy (non-hydrogen) atoms. The van der Waals surface area contributed by atoms with E-state index in [2.05, 4.69) is 32.8 Å². The molecule has 0 radical (unpaired) electrons. The van der Waals surface area contributed by atoms with E-state index in [0.717, 1.165) is 5.92 Å². The van der Waals surface area contributed by atoms with Crippen molar-refractivity contribution in [3.63, 3.8) is 0 Å². The summed E-state index contributed by atoms with van der Waals surface area (Å²) in [7, 11) is 4.35. The zero-order valence-corrected chi connectivity index (χ0v) is 9.97. The Morgan fingerprint density at radius 3 is 1.85 bits per heavy atom. The van der Waals surface area contributed by atoms with Gasteiger partial charge in [0.1, 0.15) is 0 Å². The molecular formula is C12H27N. The van der Waals surface area contributed by atoms with Gasteiger partial charge in [-0.3, -0.25) is 0 Å². The number of rotatable bonds is 2. The molecule has 0 spiro atoms. The lowest BCUT2D eigenvalue weighted by Gasteiger charge is -2.24. The van der Waals surface area contributed by atoms with Gasteiger partial charge in [-0.2, -0.15) is 0 Å². The van der Waals surface area contributed by atoms with Crippen LogP contribution in [0.5, 0.6) is 0 Å². The van der Waals surface area contributed by atoms with Crippen molar-refractivity contribution in [3.05, 3.63) is 0 Å². The van der Waals surface area contributed by atoms with E-state index in [1.807, 2.05) is 0 Å². The Bertz CT molecular complexity index is 93.3. The summed E-state index contributed by atoms with van der Waals surface area (Å²) >= 11 is 0. The number of nitrogens with zero attached hydrogens (tertiary/aromatic N) is 1. The van der Waals surface area contributed by atoms with Crippen molar-refractivity contribution in [2.75, 3.05) is 20.6 Å². The van der Waals surface area contributed by atoms with Crippen molar-refractivity contribution in [1.29, 1.82) is 0 Å². The van der Waals surface area contributed by atoms with Crippen LogP contribution in [0.25, 0.3) is 0 Å². The molecule has 0 N–H and O–H groups in total.